The second-order valence-electron chi connectivity index (χ2n) is 8.09. The highest BCUT2D eigenvalue weighted by atomic mass is 79.9. The molecule has 1 heterocycles. The van der Waals surface area contributed by atoms with Crippen LogP contribution in [-0.2, 0) is 39.1 Å². The zero-order valence-electron chi connectivity index (χ0n) is 19.3. The Bertz CT molecular complexity index is 1390. The molecule has 1 atom stereocenters. The predicted molar refractivity (Wildman–Crippen MR) is 135 cm³/mol. The number of carbonyl (C=O) groups excluding carboxylic acids is 1. The third-order valence-electron chi connectivity index (χ3n) is 5.80. The number of hydrogen-bond donors (Lipinski definition) is 0. The van der Waals surface area contributed by atoms with Crippen LogP contribution in [-0.4, -0.2) is 36.3 Å². The highest BCUT2D eigenvalue weighted by Gasteiger charge is 2.41. The van der Waals surface area contributed by atoms with Gasteiger partial charge in [0.2, 0.25) is 10.0 Å². The Morgan fingerprint density at radius 2 is 1.81 bits per heavy atom. The number of ether oxygens (including phenoxy) is 2. The van der Waals surface area contributed by atoms with E-state index >= 15 is 0 Å². The molecule has 0 fully saturated rings. The van der Waals surface area contributed by atoms with Crippen LogP contribution < -0.4 is 4.74 Å². The van der Waals surface area contributed by atoms with Gasteiger partial charge in [0.15, 0.2) is 0 Å². The fraction of sp³-hybridized carbons (Fsp3) is 0.240. The minimum Gasteiger partial charge on any atom is -0.492 e. The number of nitro benzene ring substituents is 1. The highest BCUT2D eigenvalue weighted by Crippen LogP contribution is 2.35. The molecule has 0 N–H and O–H groups in total. The van der Waals surface area contributed by atoms with E-state index in [1.54, 1.807) is 19.1 Å². The molecule has 0 spiro atoms. The fourth-order valence-corrected chi connectivity index (χ4v) is 6.23. The molecule has 0 saturated heterocycles. The van der Waals surface area contributed by atoms with Crippen molar-refractivity contribution in [2.75, 3.05) is 6.61 Å². The number of fused-ring (bicyclic) bond motifs is 1. The molecular weight excluding hydrogens is 552 g/mol. The Kier molecular flexibility index (Phi) is 7.72. The van der Waals surface area contributed by atoms with E-state index in [4.69, 9.17) is 9.47 Å². The van der Waals surface area contributed by atoms with Crippen LogP contribution in [0, 0.1) is 10.1 Å². The molecule has 0 radical (unpaired) electrons. The van der Waals surface area contributed by atoms with E-state index in [0.717, 1.165) is 15.4 Å². The molecule has 0 unspecified atom stereocenters. The number of nitro groups is 1. The summed E-state index contributed by atoms with van der Waals surface area (Å²) >= 11 is 3.33. The van der Waals surface area contributed by atoms with E-state index in [9.17, 15) is 23.3 Å². The SMILES string of the molecule is CCOc1ccc(Br)cc1S(=O)(=O)N1Cc2ccccc2C[C@@H]1C(=O)OCc1ccc([N+](=O)[O-])cc1. The number of nitrogens with zero attached hydrogens (tertiary/aromatic N) is 2. The lowest BCUT2D eigenvalue weighted by atomic mass is 9.96. The Hall–Kier alpha value is -3.28. The molecule has 0 aliphatic carbocycles. The van der Waals surface area contributed by atoms with Crippen LogP contribution in [0.3, 0.4) is 0 Å². The first-order valence-corrected chi connectivity index (χ1v) is 13.3. The molecule has 1 aliphatic heterocycles. The van der Waals surface area contributed by atoms with Gasteiger partial charge in [-0.05, 0) is 53.9 Å². The van der Waals surface area contributed by atoms with Crippen molar-refractivity contribution in [1.29, 1.82) is 0 Å². The summed E-state index contributed by atoms with van der Waals surface area (Å²) in [7, 11) is -4.17. The summed E-state index contributed by atoms with van der Waals surface area (Å²) in [4.78, 5) is 23.5. The monoisotopic (exact) mass is 574 g/mol. The Morgan fingerprint density at radius 1 is 1.11 bits per heavy atom. The second-order valence-corrected chi connectivity index (χ2v) is 10.9. The van der Waals surface area contributed by atoms with Crippen molar-refractivity contribution in [3.8, 4) is 5.75 Å². The topological polar surface area (TPSA) is 116 Å². The van der Waals surface area contributed by atoms with Crippen LogP contribution in [0.15, 0.2) is 76.1 Å². The second kappa shape index (κ2) is 10.8. The van der Waals surface area contributed by atoms with Gasteiger partial charge in [-0.15, -0.1) is 0 Å². The molecule has 0 aromatic heterocycles. The predicted octanol–water partition coefficient (Wildman–Crippen LogP) is 4.62. The third-order valence-corrected chi connectivity index (χ3v) is 8.17. The standard InChI is InChI=1S/C25H23BrN2O7S/c1-2-34-23-12-9-20(26)14-24(23)36(32,33)27-15-19-6-4-3-5-18(19)13-22(27)25(29)35-16-17-7-10-21(11-8-17)28(30)31/h3-12,14,22H,2,13,15-16H2,1H3/t22-/m1/s1. The number of hydrogen-bond acceptors (Lipinski definition) is 7. The molecule has 3 aromatic rings. The van der Waals surface area contributed by atoms with Gasteiger partial charge in [0, 0.05) is 29.6 Å². The first-order chi connectivity index (χ1) is 17.2. The van der Waals surface area contributed by atoms with Crippen molar-refractivity contribution < 1.29 is 27.6 Å². The van der Waals surface area contributed by atoms with E-state index in [0.29, 0.717) is 10.0 Å². The zero-order chi connectivity index (χ0) is 25.9. The number of rotatable bonds is 8. The summed E-state index contributed by atoms with van der Waals surface area (Å²) in [5.41, 5.74) is 2.13. The summed E-state index contributed by atoms with van der Waals surface area (Å²) < 4.78 is 40.5. The van der Waals surface area contributed by atoms with Gasteiger partial charge in [-0.2, -0.15) is 4.31 Å². The molecule has 0 bridgehead atoms. The number of non-ortho nitro benzene ring substituents is 1. The minimum absolute atomic E-state index is 0.00607. The van der Waals surface area contributed by atoms with E-state index in [1.807, 2.05) is 24.3 Å². The van der Waals surface area contributed by atoms with Gasteiger partial charge in [-0.25, -0.2) is 8.42 Å². The van der Waals surface area contributed by atoms with Crippen LogP contribution in [0.5, 0.6) is 5.75 Å². The molecule has 4 rings (SSSR count). The fourth-order valence-electron chi connectivity index (χ4n) is 4.00. The smallest absolute Gasteiger partial charge is 0.325 e. The summed E-state index contributed by atoms with van der Waals surface area (Å²) in [6, 6.07) is 16.6. The molecule has 1 aliphatic rings. The van der Waals surface area contributed by atoms with Crippen LogP contribution in [0.25, 0.3) is 0 Å². The summed E-state index contributed by atoms with van der Waals surface area (Å²) in [6.45, 7) is 1.87. The first kappa shape index (κ1) is 25.8. The molecule has 11 heteroatoms. The van der Waals surface area contributed by atoms with Gasteiger partial charge in [0.1, 0.15) is 23.3 Å². The maximum atomic E-state index is 13.9. The molecule has 3 aromatic carbocycles. The molecule has 9 nitrogen and oxygen atoms in total. The average molecular weight is 575 g/mol. The van der Waals surface area contributed by atoms with E-state index in [-0.39, 0.29) is 42.5 Å². The maximum absolute atomic E-state index is 13.9. The van der Waals surface area contributed by atoms with Crippen molar-refractivity contribution in [2.45, 2.75) is 37.4 Å². The minimum atomic E-state index is -4.17. The van der Waals surface area contributed by atoms with E-state index in [2.05, 4.69) is 15.9 Å². The van der Waals surface area contributed by atoms with Gasteiger partial charge in [0.05, 0.1) is 11.5 Å². The number of esters is 1. The normalized spacial score (nSPS) is 15.7. The molecule has 0 amide bonds. The molecule has 188 valence electrons. The largest absolute Gasteiger partial charge is 0.492 e. The van der Waals surface area contributed by atoms with Crippen molar-refractivity contribution in [1.82, 2.24) is 4.31 Å². The van der Waals surface area contributed by atoms with Crippen molar-refractivity contribution >= 4 is 37.6 Å². The van der Waals surface area contributed by atoms with Gasteiger partial charge < -0.3 is 9.47 Å². The van der Waals surface area contributed by atoms with E-state index < -0.39 is 27.0 Å². The molecule has 36 heavy (non-hydrogen) atoms. The van der Waals surface area contributed by atoms with Crippen LogP contribution in [0.1, 0.15) is 23.6 Å². The number of benzene rings is 3. The van der Waals surface area contributed by atoms with Gasteiger partial charge >= 0.3 is 5.97 Å². The Morgan fingerprint density at radius 3 is 2.47 bits per heavy atom. The lowest BCUT2D eigenvalue weighted by Crippen LogP contribution is -2.49. The average Bonchev–Trinajstić information content (AvgIpc) is 2.87. The van der Waals surface area contributed by atoms with Crippen molar-refractivity contribution in [3.63, 3.8) is 0 Å². The van der Waals surface area contributed by atoms with E-state index in [1.165, 1.54) is 30.3 Å². The van der Waals surface area contributed by atoms with Crippen LogP contribution in [0.2, 0.25) is 0 Å². The quantitative estimate of drug-likeness (QED) is 0.219. The number of sulfonamides is 1. The summed E-state index contributed by atoms with van der Waals surface area (Å²) in [6.07, 6.45) is 0.145. The van der Waals surface area contributed by atoms with Crippen molar-refractivity contribution in [2.24, 2.45) is 0 Å². The number of carbonyl (C=O) groups is 1. The highest BCUT2D eigenvalue weighted by molar-refractivity contribution is 9.10. The third kappa shape index (κ3) is 5.43. The van der Waals surface area contributed by atoms with Gasteiger partial charge in [0.25, 0.3) is 5.69 Å². The Balaban J connectivity index is 1.65. The zero-order valence-corrected chi connectivity index (χ0v) is 21.7. The molecular formula is C25H23BrN2O7S. The van der Waals surface area contributed by atoms with Gasteiger partial charge in [-0.3, -0.25) is 14.9 Å². The maximum Gasteiger partial charge on any atom is 0.325 e. The van der Waals surface area contributed by atoms with Crippen LogP contribution >= 0.6 is 15.9 Å². The lowest BCUT2D eigenvalue weighted by molar-refractivity contribution is -0.384. The summed E-state index contributed by atoms with van der Waals surface area (Å²) in [5, 5.41) is 10.9. The van der Waals surface area contributed by atoms with Crippen molar-refractivity contribution in [3.05, 3.63) is 98.0 Å². The first-order valence-electron chi connectivity index (χ1n) is 11.1. The van der Waals surface area contributed by atoms with Gasteiger partial charge in [-0.1, -0.05) is 40.2 Å². The molecule has 0 saturated carbocycles. The lowest BCUT2D eigenvalue weighted by Gasteiger charge is -2.34. The Labute approximate surface area is 217 Å². The van der Waals surface area contributed by atoms with Crippen LogP contribution in [0.4, 0.5) is 5.69 Å². The summed E-state index contributed by atoms with van der Waals surface area (Å²) in [5.74, 6) is -0.517. The number of halogens is 1.